The van der Waals surface area contributed by atoms with E-state index in [1.165, 1.54) is 10.7 Å². The van der Waals surface area contributed by atoms with Gasteiger partial charge in [0.1, 0.15) is 0 Å². The van der Waals surface area contributed by atoms with E-state index in [2.05, 4.69) is 10.4 Å². The van der Waals surface area contributed by atoms with Crippen LogP contribution in [0, 0.1) is 0 Å². The summed E-state index contributed by atoms with van der Waals surface area (Å²) < 4.78 is 1.34. The van der Waals surface area contributed by atoms with Gasteiger partial charge in [0.15, 0.2) is 0 Å². The number of amides is 1. The molecule has 21 heavy (non-hydrogen) atoms. The third-order valence-electron chi connectivity index (χ3n) is 2.87. The molecule has 3 N–H and O–H groups in total. The maximum Gasteiger partial charge on any atom is 0.269 e. The third-order valence-corrected chi connectivity index (χ3v) is 2.87. The Morgan fingerprint density at radius 1 is 1.38 bits per heavy atom. The zero-order valence-corrected chi connectivity index (χ0v) is 12.0. The lowest BCUT2D eigenvalue weighted by atomic mass is 10.1. The average Bonchev–Trinajstić information content (AvgIpc) is 2.41. The summed E-state index contributed by atoms with van der Waals surface area (Å²) in [6.07, 6.45) is 1.61. The van der Waals surface area contributed by atoms with Gasteiger partial charge in [0.2, 0.25) is 5.91 Å². The van der Waals surface area contributed by atoms with Gasteiger partial charge in [-0.05, 0) is 31.5 Å². The highest BCUT2D eigenvalue weighted by molar-refractivity contribution is 5.92. The molecule has 0 spiro atoms. The van der Waals surface area contributed by atoms with Crippen molar-refractivity contribution in [1.29, 1.82) is 0 Å². The van der Waals surface area contributed by atoms with E-state index in [1.54, 1.807) is 24.4 Å². The highest BCUT2D eigenvalue weighted by Crippen LogP contribution is 2.07. The molecule has 1 aromatic carbocycles. The number of nitrogens with two attached hydrogens (primary N) is 1. The van der Waals surface area contributed by atoms with Gasteiger partial charge < -0.3 is 11.1 Å². The highest BCUT2D eigenvalue weighted by atomic mass is 16.1. The summed E-state index contributed by atoms with van der Waals surface area (Å²) in [6.45, 7) is 4.27. The Kier molecular flexibility index (Phi) is 4.37. The first kappa shape index (κ1) is 14.8. The number of hydrogen-bond donors (Lipinski definition) is 2. The number of aromatic nitrogens is 2. The predicted molar refractivity (Wildman–Crippen MR) is 81.3 cm³/mol. The summed E-state index contributed by atoms with van der Waals surface area (Å²) >= 11 is 0. The minimum atomic E-state index is -0.492. The Morgan fingerprint density at radius 3 is 2.76 bits per heavy atom. The molecule has 0 saturated heterocycles. The van der Waals surface area contributed by atoms with Crippen molar-refractivity contribution < 1.29 is 4.79 Å². The van der Waals surface area contributed by atoms with E-state index in [-0.39, 0.29) is 11.6 Å². The van der Waals surface area contributed by atoms with E-state index >= 15 is 0 Å². The number of nitrogens with one attached hydrogen (secondary N) is 1. The lowest BCUT2D eigenvalue weighted by Crippen LogP contribution is -2.24. The topological polar surface area (TPSA) is 90.0 Å². The van der Waals surface area contributed by atoms with Crippen LogP contribution in [0.25, 0.3) is 0 Å². The molecule has 1 amide bonds. The van der Waals surface area contributed by atoms with Gasteiger partial charge in [0.05, 0.1) is 18.4 Å². The number of nitrogens with zero attached hydrogens (tertiary/aromatic N) is 2. The quantitative estimate of drug-likeness (QED) is 0.864. The highest BCUT2D eigenvalue weighted by Gasteiger charge is 2.05. The zero-order valence-electron chi connectivity index (χ0n) is 12.0. The summed E-state index contributed by atoms with van der Waals surface area (Å²) in [4.78, 5) is 23.2. The van der Waals surface area contributed by atoms with Crippen LogP contribution in [0.5, 0.6) is 0 Å². The summed E-state index contributed by atoms with van der Waals surface area (Å²) in [6, 6.07) is 8.59. The molecule has 1 heterocycles. The van der Waals surface area contributed by atoms with Crippen LogP contribution in [0.1, 0.15) is 29.8 Å². The van der Waals surface area contributed by atoms with Crippen LogP contribution in [-0.4, -0.2) is 21.7 Å². The zero-order chi connectivity index (χ0) is 15.4. The van der Waals surface area contributed by atoms with Gasteiger partial charge in [-0.2, -0.15) is 5.10 Å². The molecule has 0 unspecified atom stereocenters. The van der Waals surface area contributed by atoms with Crippen molar-refractivity contribution in [2.75, 3.05) is 5.32 Å². The van der Waals surface area contributed by atoms with Gasteiger partial charge in [-0.1, -0.05) is 12.1 Å². The van der Waals surface area contributed by atoms with Crippen molar-refractivity contribution in [2.45, 2.75) is 26.4 Å². The number of benzene rings is 1. The summed E-state index contributed by atoms with van der Waals surface area (Å²) in [7, 11) is 0. The molecule has 0 aliphatic heterocycles. The molecule has 0 bridgehead atoms. The monoisotopic (exact) mass is 286 g/mol. The SMILES string of the molecule is CC(C)Nc1cnn(Cc2cccc(C(N)=O)c2)c(=O)c1. The van der Waals surface area contributed by atoms with Gasteiger partial charge in [-0.25, -0.2) is 4.68 Å². The van der Waals surface area contributed by atoms with Crippen LogP contribution in [0.4, 0.5) is 5.69 Å². The predicted octanol–water partition coefficient (Wildman–Crippen LogP) is 1.21. The lowest BCUT2D eigenvalue weighted by molar-refractivity contribution is 0.1000. The normalized spacial score (nSPS) is 10.6. The number of carbonyl (C=O) groups is 1. The van der Waals surface area contributed by atoms with E-state index in [1.807, 2.05) is 19.9 Å². The molecule has 0 saturated carbocycles. The second-order valence-corrected chi connectivity index (χ2v) is 5.10. The lowest BCUT2D eigenvalue weighted by Gasteiger charge is -2.10. The maximum absolute atomic E-state index is 12.0. The minimum absolute atomic E-state index is 0.204. The first-order valence-electron chi connectivity index (χ1n) is 6.68. The molecule has 0 atom stereocenters. The second-order valence-electron chi connectivity index (χ2n) is 5.10. The first-order chi connectivity index (χ1) is 9.95. The fraction of sp³-hybridized carbons (Fsp3) is 0.267. The Balaban J connectivity index is 2.22. The molecule has 2 aromatic rings. The van der Waals surface area contributed by atoms with E-state index < -0.39 is 5.91 Å². The molecule has 6 nitrogen and oxygen atoms in total. The van der Waals surface area contributed by atoms with Crippen molar-refractivity contribution >= 4 is 11.6 Å². The van der Waals surface area contributed by atoms with Crippen molar-refractivity contribution in [1.82, 2.24) is 9.78 Å². The van der Waals surface area contributed by atoms with E-state index in [0.717, 1.165) is 5.56 Å². The van der Waals surface area contributed by atoms with Gasteiger partial charge in [-0.3, -0.25) is 9.59 Å². The molecular formula is C15H18N4O2. The molecule has 0 aliphatic carbocycles. The Labute approximate surface area is 122 Å². The molecular weight excluding hydrogens is 268 g/mol. The molecule has 6 heteroatoms. The van der Waals surface area contributed by atoms with Crippen LogP contribution < -0.4 is 16.6 Å². The average molecular weight is 286 g/mol. The number of carbonyl (C=O) groups excluding carboxylic acids is 1. The fourth-order valence-corrected chi connectivity index (χ4v) is 1.96. The molecule has 2 rings (SSSR count). The Morgan fingerprint density at radius 2 is 2.14 bits per heavy atom. The van der Waals surface area contributed by atoms with Gasteiger partial charge in [-0.15, -0.1) is 0 Å². The molecule has 110 valence electrons. The van der Waals surface area contributed by atoms with E-state index in [4.69, 9.17) is 5.73 Å². The molecule has 0 fully saturated rings. The summed E-state index contributed by atoms with van der Waals surface area (Å²) in [5, 5.41) is 7.25. The number of rotatable bonds is 5. The number of anilines is 1. The number of hydrogen-bond acceptors (Lipinski definition) is 4. The van der Waals surface area contributed by atoms with Gasteiger partial charge in [0, 0.05) is 17.7 Å². The van der Waals surface area contributed by atoms with Gasteiger partial charge >= 0.3 is 0 Å². The van der Waals surface area contributed by atoms with Crippen molar-refractivity contribution in [2.24, 2.45) is 5.73 Å². The molecule has 0 radical (unpaired) electrons. The number of primary amides is 1. The van der Waals surface area contributed by atoms with Crippen molar-refractivity contribution in [3.8, 4) is 0 Å². The summed E-state index contributed by atoms with van der Waals surface area (Å²) in [5.41, 5.74) is 6.94. The standard InChI is InChI=1S/C15H18N4O2/c1-10(2)18-13-7-14(20)19(17-8-13)9-11-4-3-5-12(6-11)15(16)21/h3-8,10,18H,9H2,1-2H3,(H2,16,21). The van der Waals surface area contributed by atoms with E-state index in [0.29, 0.717) is 17.8 Å². The smallest absolute Gasteiger partial charge is 0.269 e. The van der Waals surface area contributed by atoms with Crippen LogP contribution >= 0.6 is 0 Å². The minimum Gasteiger partial charge on any atom is -0.381 e. The fourth-order valence-electron chi connectivity index (χ4n) is 1.96. The van der Waals surface area contributed by atoms with Gasteiger partial charge in [0.25, 0.3) is 5.56 Å². The molecule has 1 aromatic heterocycles. The Bertz CT molecular complexity index is 707. The van der Waals surface area contributed by atoms with Crippen LogP contribution in [0.3, 0.4) is 0 Å². The molecule has 0 aliphatic rings. The second kappa shape index (κ2) is 6.21. The van der Waals surface area contributed by atoms with Crippen molar-refractivity contribution in [3.63, 3.8) is 0 Å². The third kappa shape index (κ3) is 3.92. The van der Waals surface area contributed by atoms with E-state index in [9.17, 15) is 9.59 Å². The largest absolute Gasteiger partial charge is 0.381 e. The Hall–Kier alpha value is -2.63. The first-order valence-corrected chi connectivity index (χ1v) is 6.68. The summed E-state index contributed by atoms with van der Waals surface area (Å²) in [5.74, 6) is -0.492. The van der Waals surface area contributed by atoms with Crippen LogP contribution in [-0.2, 0) is 6.54 Å². The maximum atomic E-state index is 12.0. The van der Waals surface area contributed by atoms with Crippen molar-refractivity contribution in [3.05, 3.63) is 58.0 Å². The van der Waals surface area contributed by atoms with Crippen LogP contribution in [0.2, 0.25) is 0 Å². The van der Waals surface area contributed by atoms with Crippen LogP contribution in [0.15, 0.2) is 41.3 Å².